The van der Waals surface area contributed by atoms with E-state index in [1.54, 1.807) is 0 Å². The maximum Gasteiger partial charge on any atom is 0.359 e. The van der Waals surface area contributed by atoms with Gasteiger partial charge in [-0.15, -0.1) is 0 Å². The molecule has 0 saturated heterocycles. The zero-order chi connectivity index (χ0) is 13.5. The van der Waals surface area contributed by atoms with Gasteiger partial charge in [0.1, 0.15) is 0 Å². The lowest BCUT2D eigenvalue weighted by atomic mass is 10.4. The van der Waals surface area contributed by atoms with Gasteiger partial charge in [-0.3, -0.25) is 4.79 Å². The minimum atomic E-state index is -0.510. The topological polar surface area (TPSA) is 107 Å². The van der Waals surface area contributed by atoms with E-state index in [1.165, 1.54) is 12.4 Å². The first-order chi connectivity index (χ1) is 9.27. The highest BCUT2D eigenvalue weighted by atomic mass is 32.1. The van der Waals surface area contributed by atoms with Crippen molar-refractivity contribution < 1.29 is 14.3 Å². The van der Waals surface area contributed by atoms with Gasteiger partial charge in [-0.05, 0) is 6.42 Å². The molecule has 2 aromatic rings. The molecule has 0 aliphatic heterocycles. The third kappa shape index (κ3) is 4.03. The molecular formula is C9H9N5O3S2. The Morgan fingerprint density at radius 2 is 1.84 bits per heavy atom. The molecule has 2 heterocycles. The van der Waals surface area contributed by atoms with Crippen LogP contribution in [-0.4, -0.2) is 42.5 Å². The standard InChI is InChI=1S/C9H9N5O3S2/c15-8(6-4-11-18-13-6)10-2-1-3-17-9(16)7-5-12-19-14-7/h4-5H,1-3H2,(H,10,15). The number of aromatic nitrogens is 4. The summed E-state index contributed by atoms with van der Waals surface area (Å²) in [5.41, 5.74) is 0.484. The highest BCUT2D eigenvalue weighted by Crippen LogP contribution is 1.99. The van der Waals surface area contributed by atoms with Crippen molar-refractivity contribution in [1.82, 2.24) is 22.8 Å². The van der Waals surface area contributed by atoms with Crippen LogP contribution in [0.2, 0.25) is 0 Å². The van der Waals surface area contributed by atoms with Gasteiger partial charge >= 0.3 is 5.97 Å². The number of nitrogens with zero attached hydrogens (tertiary/aromatic N) is 4. The molecule has 0 saturated carbocycles. The second-order valence-corrected chi connectivity index (χ2v) is 4.44. The highest BCUT2D eigenvalue weighted by Gasteiger charge is 2.10. The quantitative estimate of drug-likeness (QED) is 0.606. The number of carbonyl (C=O) groups is 2. The fourth-order valence-corrected chi connectivity index (χ4v) is 1.94. The van der Waals surface area contributed by atoms with Crippen molar-refractivity contribution in [3.8, 4) is 0 Å². The Labute approximate surface area is 116 Å². The molecule has 0 fully saturated rings. The number of hydrogen-bond donors (Lipinski definition) is 1. The zero-order valence-electron chi connectivity index (χ0n) is 9.61. The van der Waals surface area contributed by atoms with Gasteiger partial charge in [-0.25, -0.2) is 4.79 Å². The molecule has 0 aromatic carbocycles. The molecular weight excluding hydrogens is 290 g/mol. The number of hydrogen-bond acceptors (Lipinski definition) is 9. The molecule has 0 bridgehead atoms. The lowest BCUT2D eigenvalue weighted by Crippen LogP contribution is -2.25. The lowest BCUT2D eigenvalue weighted by Gasteiger charge is -2.03. The van der Waals surface area contributed by atoms with Gasteiger partial charge in [0.25, 0.3) is 5.91 Å². The molecule has 1 N–H and O–H groups in total. The van der Waals surface area contributed by atoms with E-state index < -0.39 is 5.97 Å². The Balaban J connectivity index is 1.60. The van der Waals surface area contributed by atoms with E-state index in [9.17, 15) is 9.59 Å². The highest BCUT2D eigenvalue weighted by molar-refractivity contribution is 6.99. The Hall–Kier alpha value is -1.94. The first-order valence-corrected chi connectivity index (χ1v) is 6.74. The van der Waals surface area contributed by atoms with E-state index in [1.807, 2.05) is 0 Å². The van der Waals surface area contributed by atoms with E-state index in [0.29, 0.717) is 13.0 Å². The van der Waals surface area contributed by atoms with E-state index >= 15 is 0 Å². The summed E-state index contributed by atoms with van der Waals surface area (Å²) < 4.78 is 19.9. The molecule has 0 atom stereocenters. The first-order valence-electron chi connectivity index (χ1n) is 5.28. The van der Waals surface area contributed by atoms with Crippen molar-refractivity contribution in [2.24, 2.45) is 0 Å². The number of amides is 1. The molecule has 2 rings (SSSR count). The monoisotopic (exact) mass is 299 g/mol. The average Bonchev–Trinajstić information content (AvgIpc) is 3.10. The Kier molecular flexibility index (Phi) is 4.86. The van der Waals surface area contributed by atoms with Crippen molar-refractivity contribution in [2.75, 3.05) is 13.2 Å². The van der Waals surface area contributed by atoms with Crippen LogP contribution in [0.1, 0.15) is 27.4 Å². The SMILES string of the molecule is O=C(NCCCOC(=O)c1cnsn1)c1cnsn1. The van der Waals surface area contributed by atoms with Crippen molar-refractivity contribution in [3.63, 3.8) is 0 Å². The number of carbonyl (C=O) groups excluding carboxylic acids is 2. The summed E-state index contributed by atoms with van der Waals surface area (Å²) in [5, 5.41) is 2.64. The Morgan fingerprint density at radius 3 is 2.47 bits per heavy atom. The molecule has 2 aromatic heterocycles. The number of ether oxygens (including phenoxy) is 1. The Bertz CT molecular complexity index is 480. The minimum Gasteiger partial charge on any atom is -0.461 e. The van der Waals surface area contributed by atoms with Crippen LogP contribution in [0.3, 0.4) is 0 Å². The average molecular weight is 299 g/mol. The molecule has 8 nitrogen and oxygen atoms in total. The molecule has 19 heavy (non-hydrogen) atoms. The summed E-state index contributed by atoms with van der Waals surface area (Å²) in [4.78, 5) is 22.8. The maximum absolute atomic E-state index is 11.5. The summed E-state index contributed by atoms with van der Waals surface area (Å²) in [6, 6.07) is 0. The summed E-state index contributed by atoms with van der Waals surface area (Å²) in [6.45, 7) is 0.588. The molecule has 0 unspecified atom stereocenters. The van der Waals surface area contributed by atoms with E-state index in [2.05, 4.69) is 22.8 Å². The molecule has 0 spiro atoms. The van der Waals surface area contributed by atoms with E-state index in [0.717, 1.165) is 23.5 Å². The van der Waals surface area contributed by atoms with Gasteiger partial charge in [0, 0.05) is 6.54 Å². The van der Waals surface area contributed by atoms with Gasteiger partial charge in [-0.1, -0.05) is 0 Å². The van der Waals surface area contributed by atoms with Gasteiger partial charge in [0.05, 0.1) is 42.5 Å². The summed E-state index contributed by atoms with van der Waals surface area (Å²) in [7, 11) is 0. The molecule has 0 aliphatic carbocycles. The summed E-state index contributed by atoms with van der Waals surface area (Å²) in [5.74, 6) is -0.799. The van der Waals surface area contributed by atoms with Crippen molar-refractivity contribution >= 4 is 35.3 Å². The van der Waals surface area contributed by atoms with Crippen molar-refractivity contribution in [2.45, 2.75) is 6.42 Å². The van der Waals surface area contributed by atoms with Gasteiger partial charge < -0.3 is 10.1 Å². The molecule has 0 radical (unpaired) electrons. The molecule has 100 valence electrons. The van der Waals surface area contributed by atoms with Crippen LogP contribution in [0.4, 0.5) is 0 Å². The normalized spacial score (nSPS) is 10.1. The second kappa shape index (κ2) is 6.85. The summed E-state index contributed by atoms with van der Waals surface area (Å²) >= 11 is 1.92. The van der Waals surface area contributed by atoms with Crippen molar-refractivity contribution in [3.05, 3.63) is 23.8 Å². The molecule has 0 aliphatic rings. The third-order valence-corrected chi connectivity index (χ3v) is 2.96. The van der Waals surface area contributed by atoms with Crippen LogP contribution in [0.25, 0.3) is 0 Å². The Morgan fingerprint density at radius 1 is 1.16 bits per heavy atom. The zero-order valence-corrected chi connectivity index (χ0v) is 11.2. The van der Waals surface area contributed by atoms with Crippen LogP contribution in [0, 0.1) is 0 Å². The van der Waals surface area contributed by atoms with Crippen LogP contribution in [0.5, 0.6) is 0 Å². The predicted molar refractivity (Wildman–Crippen MR) is 67.1 cm³/mol. The van der Waals surface area contributed by atoms with Gasteiger partial charge in [0.2, 0.25) is 0 Å². The predicted octanol–water partition coefficient (Wildman–Crippen LogP) is 0.366. The van der Waals surface area contributed by atoms with E-state index in [4.69, 9.17) is 4.74 Å². The number of esters is 1. The van der Waals surface area contributed by atoms with Gasteiger partial charge in [0.15, 0.2) is 11.4 Å². The minimum absolute atomic E-state index is 0.197. The van der Waals surface area contributed by atoms with Crippen molar-refractivity contribution in [1.29, 1.82) is 0 Å². The second-order valence-electron chi connectivity index (χ2n) is 3.33. The van der Waals surface area contributed by atoms with Crippen LogP contribution < -0.4 is 5.32 Å². The fourth-order valence-electron chi connectivity index (χ4n) is 1.12. The number of rotatable bonds is 6. The lowest BCUT2D eigenvalue weighted by molar-refractivity contribution is 0.0495. The smallest absolute Gasteiger partial charge is 0.359 e. The van der Waals surface area contributed by atoms with Crippen LogP contribution in [-0.2, 0) is 4.74 Å². The molecule has 1 amide bonds. The summed E-state index contributed by atoms with van der Waals surface area (Å²) in [6.07, 6.45) is 3.26. The largest absolute Gasteiger partial charge is 0.461 e. The maximum atomic E-state index is 11.5. The van der Waals surface area contributed by atoms with Crippen LogP contribution in [0.15, 0.2) is 12.4 Å². The van der Waals surface area contributed by atoms with Gasteiger partial charge in [-0.2, -0.15) is 17.5 Å². The third-order valence-electron chi connectivity index (χ3n) is 2.00. The number of nitrogens with one attached hydrogen (secondary N) is 1. The first kappa shape index (κ1) is 13.5. The molecule has 10 heteroatoms. The van der Waals surface area contributed by atoms with Crippen LogP contribution >= 0.6 is 23.5 Å². The fraction of sp³-hybridized carbons (Fsp3) is 0.333. The van der Waals surface area contributed by atoms with E-state index in [-0.39, 0.29) is 23.9 Å².